The Morgan fingerprint density at radius 2 is 2.07 bits per heavy atom. The fourth-order valence-corrected chi connectivity index (χ4v) is 3.00. The van der Waals surface area contributed by atoms with Crippen molar-refractivity contribution in [3.05, 3.63) is 0 Å². The molecule has 0 bridgehead atoms. The average molecular weight is 197 g/mol. The standard InChI is InChI=1S/C13H27N/c1-4-7-13(14-3)12-9-6-8-11(5-2)10-12/h11-14H,4-10H2,1-3H3. The highest BCUT2D eigenvalue weighted by atomic mass is 14.9. The van der Waals surface area contributed by atoms with Gasteiger partial charge in [-0.1, -0.05) is 39.5 Å². The van der Waals surface area contributed by atoms with Crippen molar-refractivity contribution in [3.8, 4) is 0 Å². The van der Waals surface area contributed by atoms with Crippen LogP contribution in [0.1, 0.15) is 58.8 Å². The summed E-state index contributed by atoms with van der Waals surface area (Å²) in [5.74, 6) is 1.97. The van der Waals surface area contributed by atoms with Crippen molar-refractivity contribution < 1.29 is 0 Å². The van der Waals surface area contributed by atoms with E-state index in [0.717, 1.165) is 17.9 Å². The predicted molar refractivity (Wildman–Crippen MR) is 63.5 cm³/mol. The minimum absolute atomic E-state index is 0.786. The second-order valence-corrected chi connectivity index (χ2v) is 4.88. The van der Waals surface area contributed by atoms with E-state index in [1.54, 1.807) is 0 Å². The molecule has 1 heteroatoms. The molecule has 1 saturated carbocycles. The molecule has 0 aromatic heterocycles. The molecule has 1 N–H and O–H groups in total. The van der Waals surface area contributed by atoms with E-state index >= 15 is 0 Å². The van der Waals surface area contributed by atoms with Crippen LogP contribution >= 0.6 is 0 Å². The van der Waals surface area contributed by atoms with Crippen LogP contribution in [0.15, 0.2) is 0 Å². The predicted octanol–water partition coefficient (Wildman–Crippen LogP) is 3.59. The van der Waals surface area contributed by atoms with Crippen molar-refractivity contribution in [2.75, 3.05) is 7.05 Å². The van der Waals surface area contributed by atoms with Gasteiger partial charge < -0.3 is 5.32 Å². The van der Waals surface area contributed by atoms with Gasteiger partial charge in [0.15, 0.2) is 0 Å². The monoisotopic (exact) mass is 197 g/mol. The van der Waals surface area contributed by atoms with Gasteiger partial charge in [-0.25, -0.2) is 0 Å². The van der Waals surface area contributed by atoms with Gasteiger partial charge in [0.1, 0.15) is 0 Å². The summed E-state index contributed by atoms with van der Waals surface area (Å²) in [6.07, 6.45) is 9.94. The van der Waals surface area contributed by atoms with E-state index in [1.807, 2.05) is 0 Å². The Balaban J connectivity index is 2.40. The van der Waals surface area contributed by atoms with E-state index in [-0.39, 0.29) is 0 Å². The highest BCUT2D eigenvalue weighted by Crippen LogP contribution is 2.33. The molecular formula is C13H27N. The summed E-state index contributed by atoms with van der Waals surface area (Å²) >= 11 is 0. The van der Waals surface area contributed by atoms with Crippen molar-refractivity contribution in [3.63, 3.8) is 0 Å². The summed E-state index contributed by atoms with van der Waals surface area (Å²) in [6.45, 7) is 4.64. The largest absolute Gasteiger partial charge is 0.317 e. The molecule has 1 nitrogen and oxygen atoms in total. The molecule has 1 rings (SSSR count). The quantitative estimate of drug-likeness (QED) is 0.710. The molecule has 3 unspecified atom stereocenters. The van der Waals surface area contributed by atoms with Gasteiger partial charge in [-0.2, -0.15) is 0 Å². The van der Waals surface area contributed by atoms with Gasteiger partial charge in [0.2, 0.25) is 0 Å². The van der Waals surface area contributed by atoms with Gasteiger partial charge in [-0.3, -0.25) is 0 Å². The first-order valence-electron chi connectivity index (χ1n) is 6.49. The molecule has 0 spiro atoms. The van der Waals surface area contributed by atoms with Crippen molar-refractivity contribution in [2.24, 2.45) is 11.8 Å². The Labute approximate surface area is 89.7 Å². The maximum absolute atomic E-state index is 3.52. The minimum Gasteiger partial charge on any atom is -0.317 e. The van der Waals surface area contributed by atoms with Crippen LogP contribution in [0.3, 0.4) is 0 Å². The first kappa shape index (κ1) is 12.0. The van der Waals surface area contributed by atoms with Crippen LogP contribution in [-0.2, 0) is 0 Å². The molecule has 0 aliphatic heterocycles. The molecule has 0 saturated heterocycles. The molecule has 0 aromatic rings. The second kappa shape index (κ2) is 6.44. The Hall–Kier alpha value is -0.0400. The fraction of sp³-hybridized carbons (Fsp3) is 1.00. The van der Waals surface area contributed by atoms with E-state index in [9.17, 15) is 0 Å². The maximum atomic E-state index is 3.52. The first-order chi connectivity index (χ1) is 6.81. The molecule has 84 valence electrons. The van der Waals surface area contributed by atoms with Crippen LogP contribution in [0.2, 0.25) is 0 Å². The molecule has 0 heterocycles. The summed E-state index contributed by atoms with van der Waals surface area (Å²) < 4.78 is 0. The third-order valence-electron chi connectivity index (χ3n) is 3.94. The minimum atomic E-state index is 0.786. The summed E-state index contributed by atoms with van der Waals surface area (Å²) in [5, 5.41) is 3.52. The van der Waals surface area contributed by atoms with Crippen LogP contribution in [0, 0.1) is 11.8 Å². The van der Waals surface area contributed by atoms with Crippen LogP contribution < -0.4 is 5.32 Å². The molecule has 0 aromatic carbocycles. The van der Waals surface area contributed by atoms with E-state index in [1.165, 1.54) is 44.9 Å². The third-order valence-corrected chi connectivity index (χ3v) is 3.94. The van der Waals surface area contributed by atoms with E-state index in [2.05, 4.69) is 26.2 Å². The van der Waals surface area contributed by atoms with Gasteiger partial charge >= 0.3 is 0 Å². The average Bonchev–Trinajstić information content (AvgIpc) is 2.26. The molecule has 3 atom stereocenters. The Kier molecular flexibility index (Phi) is 5.54. The lowest BCUT2D eigenvalue weighted by Crippen LogP contribution is -2.36. The third kappa shape index (κ3) is 3.27. The molecule has 1 aliphatic carbocycles. The van der Waals surface area contributed by atoms with Crippen LogP contribution in [-0.4, -0.2) is 13.1 Å². The molecule has 1 aliphatic rings. The summed E-state index contributed by atoms with van der Waals surface area (Å²) in [5.41, 5.74) is 0. The van der Waals surface area contributed by atoms with Crippen molar-refractivity contribution >= 4 is 0 Å². The number of rotatable bonds is 5. The van der Waals surface area contributed by atoms with Crippen molar-refractivity contribution in [2.45, 2.75) is 64.8 Å². The molecule has 0 radical (unpaired) electrons. The van der Waals surface area contributed by atoms with Crippen molar-refractivity contribution in [1.29, 1.82) is 0 Å². The van der Waals surface area contributed by atoms with Crippen LogP contribution in [0.5, 0.6) is 0 Å². The molecule has 14 heavy (non-hydrogen) atoms. The zero-order valence-electron chi connectivity index (χ0n) is 10.2. The second-order valence-electron chi connectivity index (χ2n) is 4.88. The Morgan fingerprint density at radius 1 is 1.29 bits per heavy atom. The summed E-state index contributed by atoms with van der Waals surface area (Å²) in [4.78, 5) is 0. The smallest absolute Gasteiger partial charge is 0.00923 e. The number of hydrogen-bond acceptors (Lipinski definition) is 1. The highest BCUT2D eigenvalue weighted by Gasteiger charge is 2.25. The molecule has 0 amide bonds. The normalized spacial score (nSPS) is 30.2. The van der Waals surface area contributed by atoms with E-state index in [0.29, 0.717) is 0 Å². The Bertz CT molecular complexity index is 144. The zero-order valence-corrected chi connectivity index (χ0v) is 10.2. The van der Waals surface area contributed by atoms with Crippen LogP contribution in [0.25, 0.3) is 0 Å². The summed E-state index contributed by atoms with van der Waals surface area (Å²) in [6, 6.07) is 0.786. The van der Waals surface area contributed by atoms with Gasteiger partial charge in [0.05, 0.1) is 0 Å². The number of hydrogen-bond donors (Lipinski definition) is 1. The van der Waals surface area contributed by atoms with Crippen LogP contribution in [0.4, 0.5) is 0 Å². The molecule has 1 fully saturated rings. The van der Waals surface area contributed by atoms with Gasteiger partial charge in [0.25, 0.3) is 0 Å². The fourth-order valence-electron chi connectivity index (χ4n) is 3.00. The SMILES string of the molecule is CCCC(NC)C1CCCC(CC)C1. The van der Waals surface area contributed by atoms with E-state index < -0.39 is 0 Å². The lowest BCUT2D eigenvalue weighted by molar-refractivity contribution is 0.207. The Morgan fingerprint density at radius 3 is 2.64 bits per heavy atom. The lowest BCUT2D eigenvalue weighted by Gasteiger charge is -2.34. The van der Waals surface area contributed by atoms with Gasteiger partial charge in [-0.15, -0.1) is 0 Å². The topological polar surface area (TPSA) is 12.0 Å². The van der Waals surface area contributed by atoms with E-state index in [4.69, 9.17) is 0 Å². The van der Waals surface area contributed by atoms with Gasteiger partial charge in [0, 0.05) is 6.04 Å². The lowest BCUT2D eigenvalue weighted by atomic mass is 9.76. The highest BCUT2D eigenvalue weighted by molar-refractivity contribution is 4.81. The number of nitrogens with one attached hydrogen (secondary N) is 1. The first-order valence-corrected chi connectivity index (χ1v) is 6.49. The van der Waals surface area contributed by atoms with Crippen molar-refractivity contribution in [1.82, 2.24) is 5.32 Å². The van der Waals surface area contributed by atoms with Gasteiger partial charge in [-0.05, 0) is 38.1 Å². The zero-order chi connectivity index (χ0) is 10.4. The summed E-state index contributed by atoms with van der Waals surface area (Å²) in [7, 11) is 2.13. The maximum Gasteiger partial charge on any atom is 0.00923 e. The molecular weight excluding hydrogens is 170 g/mol.